The van der Waals surface area contributed by atoms with Gasteiger partial charge in [0.1, 0.15) is 10.8 Å². The van der Waals surface area contributed by atoms with E-state index in [1.807, 2.05) is 0 Å². The number of esters is 3. The number of carboxylic acids is 1. The second-order valence-electron chi connectivity index (χ2n) is 7.48. The molecule has 0 aromatic rings. The van der Waals surface area contributed by atoms with E-state index < -0.39 is 52.5 Å². The summed E-state index contributed by atoms with van der Waals surface area (Å²) in [6.45, 7) is 0. The van der Waals surface area contributed by atoms with Gasteiger partial charge in [0.25, 0.3) is 0 Å². The summed E-state index contributed by atoms with van der Waals surface area (Å²) in [6, 6.07) is 0. The van der Waals surface area contributed by atoms with E-state index in [4.69, 9.17) is 14.2 Å². The van der Waals surface area contributed by atoms with Gasteiger partial charge in [0, 0.05) is 0 Å². The number of carbonyl (C=O) groups excluding carboxylic acids is 3. The Morgan fingerprint density at radius 1 is 0.800 bits per heavy atom. The zero-order chi connectivity index (χ0) is 18.3. The maximum absolute atomic E-state index is 13.0. The van der Waals surface area contributed by atoms with Crippen LogP contribution in [0.5, 0.6) is 0 Å². The number of hydrogen-bond acceptors (Lipinski definition) is 7. The first-order valence-corrected chi connectivity index (χ1v) is 8.34. The summed E-state index contributed by atoms with van der Waals surface area (Å²) in [7, 11) is 3.59. The molecule has 5 fully saturated rings. The van der Waals surface area contributed by atoms with Crippen molar-refractivity contribution >= 4 is 23.9 Å². The molecule has 8 nitrogen and oxygen atoms in total. The maximum atomic E-state index is 13.0. The first-order valence-electron chi connectivity index (χ1n) is 8.34. The molecule has 0 radical (unpaired) electrons. The first kappa shape index (κ1) is 16.4. The molecule has 25 heavy (non-hydrogen) atoms. The highest BCUT2D eigenvalue weighted by molar-refractivity contribution is 6.01. The molecule has 5 aliphatic carbocycles. The smallest absolute Gasteiger partial charge is 0.314 e. The van der Waals surface area contributed by atoms with Crippen molar-refractivity contribution in [1.29, 1.82) is 0 Å². The van der Waals surface area contributed by atoms with E-state index in [9.17, 15) is 24.3 Å². The van der Waals surface area contributed by atoms with Gasteiger partial charge in [0.2, 0.25) is 0 Å². The molecule has 1 N–H and O–H groups in total. The Bertz CT molecular complexity index is 701. The number of carbonyl (C=O) groups is 4. The summed E-state index contributed by atoms with van der Waals surface area (Å²) in [5.74, 6) is -6.71. The monoisotopic (exact) mass is 352 g/mol. The summed E-state index contributed by atoms with van der Waals surface area (Å²) in [4.78, 5) is 50.7. The van der Waals surface area contributed by atoms with Gasteiger partial charge < -0.3 is 19.3 Å². The van der Waals surface area contributed by atoms with Crippen LogP contribution in [0.4, 0.5) is 0 Å². The molecule has 0 heterocycles. The number of methoxy groups -OCH3 is 3. The minimum Gasteiger partial charge on any atom is -0.481 e. The van der Waals surface area contributed by atoms with E-state index >= 15 is 0 Å². The minimum absolute atomic E-state index is 0.177. The van der Waals surface area contributed by atoms with Crippen LogP contribution in [0, 0.1) is 46.3 Å². The van der Waals surface area contributed by atoms with Gasteiger partial charge in [0.05, 0.1) is 33.2 Å². The van der Waals surface area contributed by atoms with Gasteiger partial charge in [0.15, 0.2) is 0 Å². The van der Waals surface area contributed by atoms with E-state index in [1.54, 1.807) is 0 Å². The Labute approximate surface area is 143 Å². The Hall–Kier alpha value is -2.12. The van der Waals surface area contributed by atoms with Crippen molar-refractivity contribution < 1.29 is 38.5 Å². The van der Waals surface area contributed by atoms with Crippen LogP contribution in [-0.4, -0.2) is 50.3 Å². The molecule has 0 spiro atoms. The molecule has 5 rings (SSSR count). The molecule has 0 amide bonds. The first-order chi connectivity index (χ1) is 11.9. The van der Waals surface area contributed by atoms with Crippen LogP contribution in [0.25, 0.3) is 0 Å². The van der Waals surface area contributed by atoms with Crippen molar-refractivity contribution in [2.24, 2.45) is 46.3 Å². The summed E-state index contributed by atoms with van der Waals surface area (Å²) < 4.78 is 14.9. The van der Waals surface area contributed by atoms with Gasteiger partial charge in [-0.2, -0.15) is 0 Å². The number of hydrogen-bond donors (Lipinski definition) is 1. The van der Waals surface area contributed by atoms with Gasteiger partial charge >= 0.3 is 23.9 Å². The Kier molecular flexibility index (Phi) is 3.10. The minimum atomic E-state index is -1.56. The van der Waals surface area contributed by atoms with Crippen molar-refractivity contribution in [2.75, 3.05) is 21.3 Å². The van der Waals surface area contributed by atoms with Crippen molar-refractivity contribution in [3.05, 3.63) is 0 Å². The SMILES string of the molecule is COC(=O)[C@@H]1[C@H]2[C@H]3[C@H]4CC[C@@H]3[C@]1(C(=O)OC)[C@@]4(C(=O)OC)[C@H]2C(=O)O. The van der Waals surface area contributed by atoms with Crippen LogP contribution in [0.2, 0.25) is 0 Å². The second-order valence-corrected chi connectivity index (χ2v) is 7.48. The van der Waals surface area contributed by atoms with Gasteiger partial charge in [-0.3, -0.25) is 19.2 Å². The molecule has 0 saturated heterocycles. The van der Waals surface area contributed by atoms with E-state index in [1.165, 1.54) is 21.3 Å². The summed E-state index contributed by atoms with van der Waals surface area (Å²) in [5, 5.41) is 9.90. The van der Waals surface area contributed by atoms with Gasteiger partial charge in [-0.25, -0.2) is 0 Å². The van der Waals surface area contributed by atoms with E-state index in [2.05, 4.69) is 0 Å². The normalized spacial score (nSPS) is 47.8. The lowest BCUT2D eigenvalue weighted by Crippen LogP contribution is -2.60. The third-order valence-corrected chi connectivity index (χ3v) is 7.54. The topological polar surface area (TPSA) is 116 Å². The lowest BCUT2D eigenvalue weighted by Gasteiger charge is -2.47. The number of ether oxygens (including phenoxy) is 3. The fourth-order valence-electron chi connectivity index (χ4n) is 7.52. The number of aliphatic carboxylic acids is 1. The largest absolute Gasteiger partial charge is 0.481 e. The van der Waals surface area contributed by atoms with Crippen LogP contribution in [-0.2, 0) is 33.4 Å². The summed E-state index contributed by atoms with van der Waals surface area (Å²) in [6.07, 6.45) is 1.32. The fourth-order valence-corrected chi connectivity index (χ4v) is 7.52. The molecule has 0 unspecified atom stereocenters. The van der Waals surface area contributed by atoms with Gasteiger partial charge in [-0.1, -0.05) is 0 Å². The molecule has 136 valence electrons. The molecule has 8 atom stereocenters. The van der Waals surface area contributed by atoms with Crippen molar-refractivity contribution in [1.82, 2.24) is 0 Å². The molecule has 0 aliphatic heterocycles. The highest BCUT2D eigenvalue weighted by atomic mass is 16.5. The predicted octanol–water partition coefficient (Wildman–Crippen LogP) is 0.0946. The number of rotatable bonds is 4. The van der Waals surface area contributed by atoms with E-state index in [0.29, 0.717) is 12.8 Å². The van der Waals surface area contributed by atoms with Gasteiger partial charge in [-0.15, -0.1) is 0 Å². The Morgan fingerprint density at radius 2 is 1.28 bits per heavy atom. The van der Waals surface area contributed by atoms with Crippen LogP contribution in [0.1, 0.15) is 12.8 Å². The van der Waals surface area contributed by atoms with Gasteiger partial charge in [-0.05, 0) is 36.5 Å². The summed E-state index contributed by atoms with van der Waals surface area (Å²) >= 11 is 0. The number of carboxylic acid groups (broad SMARTS) is 1. The summed E-state index contributed by atoms with van der Waals surface area (Å²) in [5.41, 5.74) is -3.07. The average molecular weight is 352 g/mol. The van der Waals surface area contributed by atoms with Crippen molar-refractivity contribution in [2.45, 2.75) is 12.8 Å². The fraction of sp³-hybridized carbons (Fsp3) is 0.765. The lowest BCUT2D eigenvalue weighted by atomic mass is 9.53. The molecular formula is C17H20O8. The molecule has 6 bridgehead atoms. The van der Waals surface area contributed by atoms with Crippen LogP contribution >= 0.6 is 0 Å². The van der Waals surface area contributed by atoms with Crippen molar-refractivity contribution in [3.63, 3.8) is 0 Å². The Morgan fingerprint density at radius 3 is 1.68 bits per heavy atom. The second kappa shape index (κ2) is 4.74. The third kappa shape index (κ3) is 1.29. The maximum Gasteiger partial charge on any atom is 0.314 e. The zero-order valence-corrected chi connectivity index (χ0v) is 14.2. The third-order valence-electron chi connectivity index (χ3n) is 7.54. The molecule has 8 heteroatoms. The lowest BCUT2D eigenvalue weighted by molar-refractivity contribution is -0.194. The highest BCUT2D eigenvalue weighted by Gasteiger charge is 2.97. The molecular weight excluding hydrogens is 332 g/mol. The Balaban J connectivity index is 2.05. The standard InChI is InChI=1S/C17H20O8/c1-23-13(20)11-9-8-6-4-5-7(8)17(11,15(22)25-3)16(6,14(21)24-2)10(9)12(18)19/h6-11H,4-5H2,1-3H3,(H,18,19)/t6-,7+,8+,9+,10-,11+,16-,17+/m1/s1. The molecule has 0 aromatic heterocycles. The molecule has 0 aromatic carbocycles. The predicted molar refractivity (Wildman–Crippen MR) is 78.7 cm³/mol. The molecule has 5 aliphatic rings. The van der Waals surface area contributed by atoms with E-state index in [0.717, 1.165) is 0 Å². The van der Waals surface area contributed by atoms with E-state index in [-0.39, 0.29) is 17.8 Å². The average Bonchev–Trinajstić information content (AvgIpc) is 3.33. The zero-order valence-electron chi connectivity index (χ0n) is 14.2. The van der Waals surface area contributed by atoms with Crippen LogP contribution < -0.4 is 0 Å². The van der Waals surface area contributed by atoms with Crippen molar-refractivity contribution in [3.8, 4) is 0 Å². The molecule has 5 saturated carbocycles. The van der Waals surface area contributed by atoms with Crippen LogP contribution in [0.15, 0.2) is 0 Å². The highest BCUT2D eigenvalue weighted by Crippen LogP contribution is 2.89. The quantitative estimate of drug-likeness (QED) is 0.559. The van der Waals surface area contributed by atoms with Crippen LogP contribution in [0.3, 0.4) is 0 Å².